The Bertz CT molecular complexity index is 776. The fourth-order valence-corrected chi connectivity index (χ4v) is 2.81. The first-order valence-electron chi connectivity index (χ1n) is 7.99. The van der Waals surface area contributed by atoms with E-state index in [9.17, 15) is 13.6 Å². The molecule has 6 nitrogen and oxygen atoms in total. The smallest absolute Gasteiger partial charge is 0.270 e. The van der Waals surface area contributed by atoms with E-state index in [1.807, 2.05) is 13.1 Å². The molecule has 1 fully saturated rings. The molecule has 3 rings (SSSR count). The molecule has 25 heavy (non-hydrogen) atoms. The first kappa shape index (κ1) is 17.3. The number of rotatable bonds is 4. The Morgan fingerprint density at radius 1 is 1.48 bits per heavy atom. The molecule has 1 saturated heterocycles. The van der Waals surface area contributed by atoms with Gasteiger partial charge in [0.2, 0.25) is 0 Å². The summed E-state index contributed by atoms with van der Waals surface area (Å²) in [5.41, 5.74) is 1.82. The van der Waals surface area contributed by atoms with Crippen molar-refractivity contribution in [3.8, 4) is 11.4 Å². The van der Waals surface area contributed by atoms with Crippen LogP contribution < -0.4 is 15.4 Å². The minimum absolute atomic E-state index is 0.0439. The van der Waals surface area contributed by atoms with Crippen LogP contribution in [0.3, 0.4) is 0 Å². The molecule has 1 aliphatic heterocycles. The molecule has 0 radical (unpaired) electrons. The highest BCUT2D eigenvalue weighted by molar-refractivity contribution is 5.95. The Morgan fingerprint density at radius 2 is 2.28 bits per heavy atom. The monoisotopic (exact) mass is 350 g/mol. The zero-order valence-electron chi connectivity index (χ0n) is 14.1. The van der Waals surface area contributed by atoms with Gasteiger partial charge < -0.3 is 19.9 Å². The molecule has 0 unspecified atom stereocenters. The summed E-state index contributed by atoms with van der Waals surface area (Å²) in [6, 6.07) is 3.59. The van der Waals surface area contributed by atoms with Gasteiger partial charge in [0.15, 0.2) is 0 Å². The maximum absolute atomic E-state index is 13.9. The van der Waals surface area contributed by atoms with Crippen LogP contribution in [0, 0.1) is 6.92 Å². The molecule has 1 amide bonds. The van der Waals surface area contributed by atoms with Gasteiger partial charge in [0.05, 0.1) is 24.8 Å². The maximum atomic E-state index is 13.9. The summed E-state index contributed by atoms with van der Waals surface area (Å²) in [6.07, 6.45) is 3.17. The molecular formula is C17H20F2N4O2. The first-order valence-corrected chi connectivity index (χ1v) is 7.99. The van der Waals surface area contributed by atoms with E-state index in [0.717, 1.165) is 5.69 Å². The summed E-state index contributed by atoms with van der Waals surface area (Å²) in [5, 5.41) is 5.29. The second-order valence-electron chi connectivity index (χ2n) is 6.05. The van der Waals surface area contributed by atoms with Crippen LogP contribution in [-0.4, -0.2) is 47.6 Å². The SMILES string of the molecule is COc1cc(C(=O)N[C@@H]2CNCCC2(F)F)ccc1-n1cnc(C)c1. The lowest BCUT2D eigenvalue weighted by Crippen LogP contribution is -2.57. The van der Waals surface area contributed by atoms with Crippen molar-refractivity contribution in [2.24, 2.45) is 0 Å². The van der Waals surface area contributed by atoms with E-state index in [1.165, 1.54) is 13.2 Å². The van der Waals surface area contributed by atoms with Gasteiger partial charge in [0, 0.05) is 31.3 Å². The topological polar surface area (TPSA) is 68.2 Å². The number of hydrogen-bond donors (Lipinski definition) is 2. The predicted molar refractivity (Wildman–Crippen MR) is 88.5 cm³/mol. The number of hydrogen-bond acceptors (Lipinski definition) is 4. The third kappa shape index (κ3) is 3.63. The third-order valence-corrected chi connectivity index (χ3v) is 4.23. The number of nitrogens with one attached hydrogen (secondary N) is 2. The summed E-state index contributed by atoms with van der Waals surface area (Å²) in [4.78, 5) is 16.5. The van der Waals surface area contributed by atoms with Crippen molar-refractivity contribution >= 4 is 5.91 Å². The van der Waals surface area contributed by atoms with Gasteiger partial charge in [-0.2, -0.15) is 0 Å². The average molecular weight is 350 g/mol. The van der Waals surface area contributed by atoms with E-state index >= 15 is 0 Å². The van der Waals surface area contributed by atoms with Crippen molar-refractivity contribution in [2.75, 3.05) is 20.2 Å². The van der Waals surface area contributed by atoms with Crippen LogP contribution in [-0.2, 0) is 0 Å². The molecular weight excluding hydrogens is 330 g/mol. The number of halogens is 2. The average Bonchev–Trinajstić information content (AvgIpc) is 3.02. The first-order chi connectivity index (χ1) is 11.9. The highest BCUT2D eigenvalue weighted by Gasteiger charge is 2.42. The van der Waals surface area contributed by atoms with Crippen LogP contribution in [0.2, 0.25) is 0 Å². The van der Waals surface area contributed by atoms with Gasteiger partial charge in [-0.3, -0.25) is 4.79 Å². The Kier molecular flexibility index (Phi) is 4.71. The number of carbonyl (C=O) groups is 1. The number of amides is 1. The number of methoxy groups -OCH3 is 1. The largest absolute Gasteiger partial charge is 0.495 e. The zero-order chi connectivity index (χ0) is 18.0. The molecule has 134 valence electrons. The Hall–Kier alpha value is -2.48. The van der Waals surface area contributed by atoms with Crippen molar-refractivity contribution in [1.82, 2.24) is 20.2 Å². The molecule has 1 aromatic heterocycles. The third-order valence-electron chi connectivity index (χ3n) is 4.23. The van der Waals surface area contributed by atoms with Crippen LogP contribution in [0.4, 0.5) is 8.78 Å². The van der Waals surface area contributed by atoms with Gasteiger partial charge in [-0.15, -0.1) is 0 Å². The number of nitrogens with zero attached hydrogens (tertiary/aromatic N) is 2. The number of aryl methyl sites for hydroxylation is 1. The number of benzene rings is 1. The molecule has 2 heterocycles. The molecule has 0 bridgehead atoms. The van der Waals surface area contributed by atoms with Crippen molar-refractivity contribution < 1.29 is 18.3 Å². The molecule has 2 aromatic rings. The van der Waals surface area contributed by atoms with E-state index < -0.39 is 17.9 Å². The molecule has 0 spiro atoms. The van der Waals surface area contributed by atoms with Gasteiger partial charge in [0.25, 0.3) is 11.8 Å². The quantitative estimate of drug-likeness (QED) is 0.884. The number of carbonyl (C=O) groups excluding carboxylic acids is 1. The number of alkyl halides is 2. The molecule has 1 aliphatic rings. The standard InChI is InChI=1S/C17H20F2N4O2/c1-11-9-23(10-21-11)13-4-3-12(7-14(13)25-2)16(24)22-15-8-20-6-5-17(15,18)19/h3-4,7,9-10,15,20H,5-6,8H2,1-2H3,(H,22,24)/t15-/m1/s1. The van der Waals surface area contributed by atoms with Gasteiger partial charge in [-0.1, -0.05) is 0 Å². The molecule has 8 heteroatoms. The predicted octanol–water partition coefficient (Wildman–Crippen LogP) is 1.92. The minimum atomic E-state index is -2.92. The van der Waals surface area contributed by atoms with E-state index in [4.69, 9.17) is 4.74 Å². The normalized spacial score (nSPS) is 19.4. The summed E-state index contributed by atoms with van der Waals surface area (Å²) in [6.45, 7) is 2.15. The minimum Gasteiger partial charge on any atom is -0.495 e. The molecule has 0 aliphatic carbocycles. The summed E-state index contributed by atoms with van der Waals surface area (Å²) in [5.74, 6) is -3.02. The van der Waals surface area contributed by atoms with Gasteiger partial charge in [-0.25, -0.2) is 13.8 Å². The van der Waals surface area contributed by atoms with Crippen molar-refractivity contribution in [3.63, 3.8) is 0 Å². The zero-order valence-corrected chi connectivity index (χ0v) is 14.1. The lowest BCUT2D eigenvalue weighted by atomic mass is 10.0. The van der Waals surface area contributed by atoms with E-state index in [2.05, 4.69) is 15.6 Å². The van der Waals surface area contributed by atoms with Crippen LogP contribution in [0.15, 0.2) is 30.7 Å². The highest BCUT2D eigenvalue weighted by atomic mass is 19.3. The maximum Gasteiger partial charge on any atom is 0.270 e. The summed E-state index contributed by atoms with van der Waals surface area (Å²) < 4.78 is 34.9. The van der Waals surface area contributed by atoms with Crippen molar-refractivity contribution in [2.45, 2.75) is 25.3 Å². The van der Waals surface area contributed by atoms with E-state index in [1.54, 1.807) is 23.0 Å². The lowest BCUT2D eigenvalue weighted by molar-refractivity contribution is -0.0542. The van der Waals surface area contributed by atoms with Crippen molar-refractivity contribution in [1.29, 1.82) is 0 Å². The fraction of sp³-hybridized carbons (Fsp3) is 0.412. The van der Waals surface area contributed by atoms with Crippen LogP contribution in [0.5, 0.6) is 5.75 Å². The Balaban J connectivity index is 1.81. The van der Waals surface area contributed by atoms with Crippen molar-refractivity contribution in [3.05, 3.63) is 42.0 Å². The second kappa shape index (κ2) is 6.79. The molecule has 1 atom stereocenters. The van der Waals surface area contributed by atoms with Crippen LogP contribution in [0.25, 0.3) is 5.69 Å². The lowest BCUT2D eigenvalue weighted by Gasteiger charge is -2.32. The van der Waals surface area contributed by atoms with Crippen LogP contribution >= 0.6 is 0 Å². The number of piperidine rings is 1. The molecule has 2 N–H and O–H groups in total. The highest BCUT2D eigenvalue weighted by Crippen LogP contribution is 2.27. The second-order valence-corrected chi connectivity index (χ2v) is 6.05. The van der Waals surface area contributed by atoms with Gasteiger partial charge >= 0.3 is 0 Å². The van der Waals surface area contributed by atoms with Crippen LogP contribution in [0.1, 0.15) is 22.5 Å². The number of aromatic nitrogens is 2. The Labute approximate surface area is 144 Å². The summed E-state index contributed by atoms with van der Waals surface area (Å²) in [7, 11) is 1.49. The van der Waals surface area contributed by atoms with E-state index in [0.29, 0.717) is 11.4 Å². The van der Waals surface area contributed by atoms with Gasteiger partial charge in [-0.05, 0) is 25.1 Å². The number of ether oxygens (including phenoxy) is 1. The fourth-order valence-electron chi connectivity index (χ4n) is 2.81. The van der Waals surface area contributed by atoms with E-state index in [-0.39, 0.29) is 25.1 Å². The Morgan fingerprint density at radius 3 is 2.92 bits per heavy atom. The molecule has 1 aromatic carbocycles. The molecule has 0 saturated carbocycles. The summed E-state index contributed by atoms with van der Waals surface area (Å²) >= 11 is 0. The number of imidazole rings is 1. The van der Waals surface area contributed by atoms with Gasteiger partial charge in [0.1, 0.15) is 11.8 Å².